The van der Waals surface area contributed by atoms with Crippen molar-refractivity contribution in [2.75, 3.05) is 0 Å². The Morgan fingerprint density at radius 3 is 2.29 bits per heavy atom. The van der Waals surface area contributed by atoms with E-state index in [1.54, 1.807) is 0 Å². The van der Waals surface area contributed by atoms with Crippen LogP contribution in [0.15, 0.2) is 24.3 Å². The maximum absolute atomic E-state index is 9.16. The first kappa shape index (κ1) is 13.2. The van der Waals surface area contributed by atoms with E-state index >= 15 is 0 Å². The maximum atomic E-state index is 9.16. The lowest BCUT2D eigenvalue weighted by atomic mass is 9.80. The van der Waals surface area contributed by atoms with Gasteiger partial charge < -0.3 is 9.68 Å². The molecule has 0 aromatic heterocycles. The van der Waals surface area contributed by atoms with Crippen molar-refractivity contribution in [3.8, 4) is 0 Å². The van der Waals surface area contributed by atoms with E-state index in [4.69, 9.17) is 9.68 Å². The number of hydrogen-bond acceptors (Lipinski definition) is 2. The normalized spacial score (nSPS) is 11.9. The van der Waals surface area contributed by atoms with Crippen molar-refractivity contribution in [2.24, 2.45) is 0 Å². The molecule has 0 radical (unpaired) electrons. The van der Waals surface area contributed by atoms with E-state index in [1.165, 1.54) is 0 Å². The Morgan fingerprint density at radius 2 is 1.71 bits per heavy atom. The third-order valence-corrected chi connectivity index (χ3v) is 1.72. The summed E-state index contributed by atoms with van der Waals surface area (Å²) in [6.45, 7) is 8.54. The van der Waals surface area contributed by atoms with Gasteiger partial charge in [-0.1, -0.05) is 52.0 Å². The summed E-state index contributed by atoms with van der Waals surface area (Å²) in [6, 6.07) is 7.69. The summed E-state index contributed by atoms with van der Waals surface area (Å²) in [5, 5.41) is 9.16. The highest BCUT2D eigenvalue weighted by Crippen LogP contribution is 2.07. The van der Waals surface area contributed by atoms with Crippen LogP contribution in [0.2, 0.25) is 0 Å². The third kappa shape index (κ3) is 3.16. The molecule has 1 aliphatic rings. The molecule has 2 rings (SSSR count). The van der Waals surface area contributed by atoms with Crippen LogP contribution < -0.4 is 5.46 Å². The van der Waals surface area contributed by atoms with Crippen LogP contribution in [0.5, 0.6) is 0 Å². The highest BCUT2D eigenvalue weighted by molar-refractivity contribution is 6.61. The van der Waals surface area contributed by atoms with Crippen LogP contribution in [-0.2, 0) is 11.3 Å². The van der Waals surface area contributed by atoms with E-state index in [2.05, 4.69) is 0 Å². The van der Waals surface area contributed by atoms with Crippen LogP contribution in [-0.4, -0.2) is 12.1 Å². The van der Waals surface area contributed by atoms with Crippen LogP contribution in [0.1, 0.15) is 33.3 Å². The standard InChI is InChI=1S/C7H7BO2.2C2H6/c9-8-7-4-2-1-3-6(7)5-10-8;2*1-2/h1-4,9H,5H2;2*1-2H3. The third-order valence-electron chi connectivity index (χ3n) is 1.72. The molecule has 0 aliphatic carbocycles. The number of benzene rings is 1. The average molecular weight is 194 g/mol. The topological polar surface area (TPSA) is 29.5 Å². The second kappa shape index (κ2) is 7.59. The minimum Gasteiger partial charge on any atom is -0.423 e. The van der Waals surface area contributed by atoms with Gasteiger partial charge in [0, 0.05) is 0 Å². The first-order valence-electron chi connectivity index (χ1n) is 5.25. The Labute approximate surface area is 87.1 Å². The lowest BCUT2D eigenvalue weighted by Gasteiger charge is -1.93. The van der Waals surface area contributed by atoms with E-state index in [1.807, 2.05) is 52.0 Å². The fourth-order valence-electron chi connectivity index (χ4n) is 1.17. The van der Waals surface area contributed by atoms with Crippen LogP contribution in [0, 0.1) is 0 Å². The van der Waals surface area contributed by atoms with Crippen molar-refractivity contribution >= 4 is 12.6 Å². The van der Waals surface area contributed by atoms with E-state index in [-0.39, 0.29) is 0 Å². The second-order valence-electron chi connectivity index (χ2n) is 2.36. The van der Waals surface area contributed by atoms with Crippen molar-refractivity contribution in [2.45, 2.75) is 34.3 Å². The van der Waals surface area contributed by atoms with Crippen molar-refractivity contribution < 1.29 is 9.68 Å². The van der Waals surface area contributed by atoms with Crippen LogP contribution in [0.25, 0.3) is 0 Å². The van der Waals surface area contributed by atoms with Gasteiger partial charge in [-0.05, 0) is 11.0 Å². The molecule has 0 atom stereocenters. The Bertz CT molecular complexity index is 251. The first-order valence-corrected chi connectivity index (χ1v) is 5.25. The minimum absolute atomic E-state index is 0.539. The zero-order valence-corrected chi connectivity index (χ0v) is 9.45. The van der Waals surface area contributed by atoms with Crippen LogP contribution in [0.4, 0.5) is 0 Å². The van der Waals surface area contributed by atoms with Crippen molar-refractivity contribution in [1.82, 2.24) is 0 Å². The maximum Gasteiger partial charge on any atom is 0.491 e. The van der Waals surface area contributed by atoms with Crippen molar-refractivity contribution in [3.05, 3.63) is 29.8 Å². The average Bonchev–Trinajstić information content (AvgIpc) is 2.67. The summed E-state index contributed by atoms with van der Waals surface area (Å²) in [7, 11) is -0.698. The molecule has 1 aromatic rings. The van der Waals surface area contributed by atoms with Gasteiger partial charge >= 0.3 is 7.12 Å². The molecule has 0 spiro atoms. The largest absolute Gasteiger partial charge is 0.491 e. The predicted octanol–water partition coefficient (Wildman–Crippen LogP) is 1.96. The number of rotatable bonds is 0. The summed E-state index contributed by atoms with van der Waals surface area (Å²) in [6.07, 6.45) is 0. The Kier molecular flexibility index (Phi) is 7.16. The molecule has 1 aliphatic heterocycles. The molecule has 2 nitrogen and oxygen atoms in total. The minimum atomic E-state index is -0.698. The lowest BCUT2D eigenvalue weighted by molar-refractivity contribution is 0.275. The molecule has 1 heterocycles. The first-order chi connectivity index (χ1) is 6.88. The van der Waals surface area contributed by atoms with Gasteiger partial charge in [0.15, 0.2) is 0 Å². The summed E-state index contributed by atoms with van der Waals surface area (Å²) in [5.41, 5.74) is 2.00. The SMILES string of the molecule is CC.CC.OB1OCc2ccccc21. The molecule has 0 fully saturated rings. The fraction of sp³-hybridized carbons (Fsp3) is 0.455. The second-order valence-corrected chi connectivity index (χ2v) is 2.36. The summed E-state index contributed by atoms with van der Waals surface area (Å²) in [4.78, 5) is 0. The molecule has 0 saturated carbocycles. The summed E-state index contributed by atoms with van der Waals surface area (Å²) in [5.74, 6) is 0. The molecule has 3 heteroatoms. The van der Waals surface area contributed by atoms with Gasteiger partial charge in [0.25, 0.3) is 0 Å². The fourth-order valence-corrected chi connectivity index (χ4v) is 1.17. The number of fused-ring (bicyclic) bond motifs is 1. The van der Waals surface area contributed by atoms with Gasteiger partial charge in [0.1, 0.15) is 0 Å². The van der Waals surface area contributed by atoms with Crippen molar-refractivity contribution in [1.29, 1.82) is 0 Å². The molecular formula is C11H19BO2. The van der Waals surface area contributed by atoms with Gasteiger partial charge in [-0.3, -0.25) is 0 Å². The van der Waals surface area contributed by atoms with Gasteiger partial charge in [-0.15, -0.1) is 0 Å². The highest BCUT2D eigenvalue weighted by Gasteiger charge is 2.25. The summed E-state index contributed by atoms with van der Waals surface area (Å²) < 4.78 is 4.98. The van der Waals surface area contributed by atoms with Gasteiger partial charge in [-0.25, -0.2) is 0 Å². The quantitative estimate of drug-likeness (QED) is 0.639. The smallest absolute Gasteiger partial charge is 0.423 e. The predicted molar refractivity (Wildman–Crippen MR) is 61.5 cm³/mol. The Morgan fingerprint density at radius 1 is 1.14 bits per heavy atom. The van der Waals surface area contributed by atoms with E-state index in [9.17, 15) is 0 Å². The van der Waals surface area contributed by atoms with E-state index in [0.717, 1.165) is 11.0 Å². The van der Waals surface area contributed by atoms with Gasteiger partial charge in [0.05, 0.1) is 6.61 Å². The molecule has 78 valence electrons. The highest BCUT2D eigenvalue weighted by atomic mass is 16.5. The molecule has 1 aromatic carbocycles. The van der Waals surface area contributed by atoms with E-state index in [0.29, 0.717) is 6.61 Å². The Hall–Kier alpha value is -0.795. The van der Waals surface area contributed by atoms with Crippen molar-refractivity contribution in [3.63, 3.8) is 0 Å². The zero-order chi connectivity index (χ0) is 11.0. The molecular weight excluding hydrogens is 175 g/mol. The molecule has 0 saturated heterocycles. The molecule has 14 heavy (non-hydrogen) atoms. The Balaban J connectivity index is 0.000000379. The monoisotopic (exact) mass is 194 g/mol. The summed E-state index contributed by atoms with van der Waals surface area (Å²) >= 11 is 0. The van der Waals surface area contributed by atoms with Gasteiger partial charge in [-0.2, -0.15) is 0 Å². The van der Waals surface area contributed by atoms with Crippen LogP contribution in [0.3, 0.4) is 0 Å². The molecule has 0 unspecified atom stereocenters. The number of hydrogen-bond donors (Lipinski definition) is 1. The van der Waals surface area contributed by atoms with Gasteiger partial charge in [0.2, 0.25) is 0 Å². The zero-order valence-electron chi connectivity index (χ0n) is 9.45. The van der Waals surface area contributed by atoms with E-state index < -0.39 is 7.12 Å². The van der Waals surface area contributed by atoms with Crippen LogP contribution >= 0.6 is 0 Å². The molecule has 0 bridgehead atoms. The molecule has 0 amide bonds. The molecule has 1 N–H and O–H groups in total. The lowest BCUT2D eigenvalue weighted by Crippen LogP contribution is -2.27.